The third-order valence-electron chi connectivity index (χ3n) is 5.76. The molecule has 2 aromatic carbocycles. The van der Waals surface area contributed by atoms with E-state index in [1.807, 2.05) is 36.4 Å². The predicted molar refractivity (Wildman–Crippen MR) is 106 cm³/mol. The molecular weight excluding hydrogens is 340 g/mol. The van der Waals surface area contributed by atoms with E-state index in [9.17, 15) is 4.79 Å². The Morgan fingerprint density at radius 1 is 1.15 bits per heavy atom. The van der Waals surface area contributed by atoms with E-state index in [0.717, 1.165) is 55.6 Å². The van der Waals surface area contributed by atoms with Crippen LogP contribution in [0.15, 0.2) is 36.4 Å². The van der Waals surface area contributed by atoms with Crippen LogP contribution in [0.5, 0.6) is 5.75 Å². The normalized spacial score (nSPS) is 21.4. The largest absolute Gasteiger partial charge is 0.496 e. The molecule has 0 aromatic heterocycles. The number of piperidine rings is 1. The van der Waals surface area contributed by atoms with Crippen molar-refractivity contribution in [2.75, 3.05) is 33.4 Å². The van der Waals surface area contributed by atoms with Crippen molar-refractivity contribution in [2.24, 2.45) is 0 Å². The first-order chi connectivity index (χ1) is 13.2. The highest BCUT2D eigenvalue weighted by molar-refractivity contribution is 6.08. The molecule has 2 aliphatic heterocycles. The first-order valence-electron chi connectivity index (χ1n) is 9.95. The third kappa shape index (κ3) is 4.09. The number of hydrogen-bond acceptors (Lipinski definition) is 4. The van der Waals surface area contributed by atoms with Crippen LogP contribution in [-0.2, 0) is 4.74 Å². The van der Waals surface area contributed by atoms with Gasteiger partial charge in [0.2, 0.25) is 0 Å². The Balaban J connectivity index is 1.38. The van der Waals surface area contributed by atoms with Gasteiger partial charge in [-0.2, -0.15) is 0 Å². The van der Waals surface area contributed by atoms with E-state index >= 15 is 0 Å². The van der Waals surface area contributed by atoms with Gasteiger partial charge in [-0.1, -0.05) is 24.3 Å². The number of likely N-dealkylation sites (tertiary alicyclic amines) is 1. The van der Waals surface area contributed by atoms with Crippen LogP contribution >= 0.6 is 0 Å². The Morgan fingerprint density at radius 2 is 1.93 bits per heavy atom. The van der Waals surface area contributed by atoms with E-state index in [1.165, 1.54) is 12.8 Å². The van der Waals surface area contributed by atoms with E-state index in [0.29, 0.717) is 11.7 Å². The van der Waals surface area contributed by atoms with Gasteiger partial charge in [0.25, 0.3) is 5.91 Å². The molecule has 4 rings (SSSR count). The van der Waals surface area contributed by atoms with Crippen molar-refractivity contribution in [1.29, 1.82) is 0 Å². The second-order valence-corrected chi connectivity index (χ2v) is 7.54. The molecule has 0 bridgehead atoms. The highest BCUT2D eigenvalue weighted by Crippen LogP contribution is 2.28. The number of amides is 1. The summed E-state index contributed by atoms with van der Waals surface area (Å²) in [5.41, 5.74) is 0.716. The fraction of sp³-hybridized carbons (Fsp3) is 0.500. The Kier molecular flexibility index (Phi) is 5.60. The van der Waals surface area contributed by atoms with E-state index in [1.54, 1.807) is 7.11 Å². The number of methoxy groups -OCH3 is 1. The molecule has 2 fully saturated rings. The predicted octanol–water partition coefficient (Wildman–Crippen LogP) is 3.22. The minimum absolute atomic E-state index is 0.00595. The molecule has 5 nitrogen and oxygen atoms in total. The number of fused-ring (bicyclic) bond motifs is 1. The number of hydrogen-bond donors (Lipinski definition) is 1. The summed E-state index contributed by atoms with van der Waals surface area (Å²) >= 11 is 0. The van der Waals surface area contributed by atoms with Crippen LogP contribution in [0.25, 0.3) is 10.8 Å². The molecule has 2 heterocycles. The Morgan fingerprint density at radius 3 is 2.63 bits per heavy atom. The van der Waals surface area contributed by atoms with Gasteiger partial charge < -0.3 is 19.7 Å². The van der Waals surface area contributed by atoms with Gasteiger partial charge in [-0.15, -0.1) is 0 Å². The molecule has 0 aliphatic carbocycles. The van der Waals surface area contributed by atoms with Crippen LogP contribution in [0.1, 0.15) is 36.0 Å². The summed E-state index contributed by atoms with van der Waals surface area (Å²) in [6.45, 7) is 3.99. The van der Waals surface area contributed by atoms with Crippen LogP contribution in [0.2, 0.25) is 0 Å². The molecule has 0 radical (unpaired) electrons. The molecule has 144 valence electrons. The lowest BCUT2D eigenvalue weighted by Crippen LogP contribution is -2.46. The second-order valence-electron chi connectivity index (χ2n) is 7.54. The highest BCUT2D eigenvalue weighted by Gasteiger charge is 2.25. The monoisotopic (exact) mass is 368 g/mol. The van der Waals surface area contributed by atoms with E-state index in [4.69, 9.17) is 9.47 Å². The Bertz CT molecular complexity index is 793. The summed E-state index contributed by atoms with van der Waals surface area (Å²) in [5, 5.41) is 5.15. The smallest absolute Gasteiger partial charge is 0.252 e. The van der Waals surface area contributed by atoms with Gasteiger partial charge in [0.15, 0.2) is 0 Å². The zero-order valence-electron chi connectivity index (χ0n) is 15.9. The van der Waals surface area contributed by atoms with Crippen LogP contribution in [0.3, 0.4) is 0 Å². The molecule has 2 saturated heterocycles. The number of benzene rings is 2. The lowest BCUT2D eigenvalue weighted by molar-refractivity contribution is 0.0613. The molecule has 1 atom stereocenters. The van der Waals surface area contributed by atoms with Crippen LogP contribution in [0, 0.1) is 0 Å². The summed E-state index contributed by atoms with van der Waals surface area (Å²) in [6, 6.07) is 11.9. The zero-order chi connectivity index (χ0) is 18.6. The van der Waals surface area contributed by atoms with Gasteiger partial charge in [0.05, 0.1) is 13.2 Å². The minimum atomic E-state index is 0.00595. The van der Waals surface area contributed by atoms with Gasteiger partial charge in [-0.3, -0.25) is 4.79 Å². The van der Waals surface area contributed by atoms with Gasteiger partial charge in [0.1, 0.15) is 5.75 Å². The maximum atomic E-state index is 12.9. The van der Waals surface area contributed by atoms with Crippen LogP contribution in [0.4, 0.5) is 0 Å². The fourth-order valence-corrected chi connectivity index (χ4v) is 4.25. The third-order valence-corrected chi connectivity index (χ3v) is 5.76. The molecule has 0 saturated carbocycles. The lowest BCUT2D eigenvalue weighted by atomic mass is 10.0. The van der Waals surface area contributed by atoms with Crippen molar-refractivity contribution < 1.29 is 14.3 Å². The number of nitrogens with zero attached hydrogens (tertiary/aromatic N) is 1. The molecule has 1 amide bonds. The SMILES string of the molecule is COc1ccc(C(=O)NC2CCN(C[C@@H]3CCCO3)CC2)c2ccccc12. The maximum Gasteiger partial charge on any atom is 0.252 e. The van der Waals surface area contributed by atoms with Gasteiger partial charge in [-0.05, 0) is 43.2 Å². The number of carbonyl (C=O) groups excluding carboxylic acids is 1. The topological polar surface area (TPSA) is 50.8 Å². The summed E-state index contributed by atoms with van der Waals surface area (Å²) in [6.07, 6.45) is 4.76. The number of rotatable bonds is 5. The van der Waals surface area contributed by atoms with Crippen LogP contribution < -0.4 is 10.1 Å². The Labute approximate surface area is 160 Å². The zero-order valence-corrected chi connectivity index (χ0v) is 15.9. The summed E-state index contributed by atoms with van der Waals surface area (Å²) in [5.74, 6) is 0.802. The standard InChI is InChI=1S/C22H28N2O3/c1-26-21-9-8-20(18-6-2-3-7-19(18)21)22(25)23-16-10-12-24(13-11-16)15-17-5-4-14-27-17/h2-3,6-9,16-17H,4-5,10-15H2,1H3,(H,23,25)/t17-/m0/s1. The van der Waals surface area contributed by atoms with E-state index < -0.39 is 0 Å². The molecule has 2 aliphatic rings. The van der Waals surface area contributed by atoms with E-state index in [2.05, 4.69) is 10.2 Å². The molecular formula is C22H28N2O3. The molecule has 1 N–H and O–H groups in total. The number of ether oxygens (including phenoxy) is 2. The van der Waals surface area contributed by atoms with Crippen LogP contribution in [-0.4, -0.2) is 56.3 Å². The van der Waals surface area contributed by atoms with Gasteiger partial charge >= 0.3 is 0 Å². The Hall–Kier alpha value is -2.11. The average molecular weight is 368 g/mol. The minimum Gasteiger partial charge on any atom is -0.496 e. The first kappa shape index (κ1) is 18.3. The first-order valence-corrected chi connectivity index (χ1v) is 9.95. The number of nitrogens with one attached hydrogen (secondary N) is 1. The molecule has 5 heteroatoms. The lowest BCUT2D eigenvalue weighted by Gasteiger charge is -2.33. The van der Waals surface area contributed by atoms with Gasteiger partial charge in [-0.25, -0.2) is 0 Å². The molecule has 0 unspecified atom stereocenters. The van der Waals surface area contributed by atoms with Crippen molar-refractivity contribution >= 4 is 16.7 Å². The van der Waals surface area contributed by atoms with Crippen molar-refractivity contribution in [3.63, 3.8) is 0 Å². The van der Waals surface area contributed by atoms with Crippen molar-refractivity contribution in [3.05, 3.63) is 42.0 Å². The van der Waals surface area contributed by atoms with Gasteiger partial charge in [0, 0.05) is 43.2 Å². The average Bonchev–Trinajstić information content (AvgIpc) is 3.21. The van der Waals surface area contributed by atoms with Crippen molar-refractivity contribution in [2.45, 2.75) is 37.8 Å². The highest BCUT2D eigenvalue weighted by atomic mass is 16.5. The molecule has 0 spiro atoms. The second kappa shape index (κ2) is 8.28. The summed E-state index contributed by atoms with van der Waals surface area (Å²) in [7, 11) is 1.66. The maximum absolute atomic E-state index is 12.9. The molecule has 2 aromatic rings. The van der Waals surface area contributed by atoms with Crippen molar-refractivity contribution in [1.82, 2.24) is 10.2 Å². The fourth-order valence-electron chi connectivity index (χ4n) is 4.25. The summed E-state index contributed by atoms with van der Waals surface area (Å²) < 4.78 is 11.2. The molecule has 27 heavy (non-hydrogen) atoms. The number of carbonyl (C=O) groups is 1. The van der Waals surface area contributed by atoms with Crippen molar-refractivity contribution in [3.8, 4) is 5.75 Å². The van der Waals surface area contributed by atoms with E-state index in [-0.39, 0.29) is 11.9 Å². The quantitative estimate of drug-likeness (QED) is 0.880. The summed E-state index contributed by atoms with van der Waals surface area (Å²) in [4.78, 5) is 15.4.